The fourth-order valence-corrected chi connectivity index (χ4v) is 2.64. The van der Waals surface area contributed by atoms with Crippen LogP contribution < -0.4 is 16.4 Å². The highest BCUT2D eigenvalue weighted by Crippen LogP contribution is 2.17. The molecule has 1 heterocycles. The molecule has 1 aliphatic rings. The summed E-state index contributed by atoms with van der Waals surface area (Å²) in [6.07, 6.45) is 2.33. The van der Waals surface area contributed by atoms with Crippen molar-refractivity contribution in [1.82, 2.24) is 15.5 Å². The zero-order valence-electron chi connectivity index (χ0n) is 14.4. The summed E-state index contributed by atoms with van der Waals surface area (Å²) in [4.78, 5) is 26.0. The number of amides is 2. The SMILES string of the molecule is CC(C)[C@H](N)C(=O)NCC(=O)NCC1CCCN(C(C)C)C1. The van der Waals surface area contributed by atoms with Crippen molar-refractivity contribution in [3.63, 3.8) is 0 Å². The standard InChI is InChI=1S/C16H32N4O2/c1-11(2)15(17)16(22)19-9-14(21)18-8-13-6-5-7-20(10-13)12(3)4/h11-13,15H,5-10,17H2,1-4H3,(H,18,21)(H,19,22)/t13?,15-/m0/s1. The lowest BCUT2D eigenvalue weighted by atomic mass is 9.97. The van der Waals surface area contributed by atoms with Crippen LogP contribution in [0.2, 0.25) is 0 Å². The van der Waals surface area contributed by atoms with Gasteiger partial charge >= 0.3 is 0 Å². The molecule has 1 rings (SSSR count). The number of rotatable bonds is 7. The largest absolute Gasteiger partial charge is 0.354 e. The molecule has 0 aromatic carbocycles. The molecule has 0 bridgehead atoms. The van der Waals surface area contributed by atoms with Gasteiger partial charge in [-0.2, -0.15) is 0 Å². The molecule has 0 saturated carbocycles. The Kier molecular flexibility index (Phi) is 7.82. The number of hydrogen-bond acceptors (Lipinski definition) is 4. The van der Waals surface area contributed by atoms with Gasteiger partial charge < -0.3 is 21.3 Å². The third-order valence-corrected chi connectivity index (χ3v) is 4.31. The van der Waals surface area contributed by atoms with Gasteiger partial charge in [0.15, 0.2) is 0 Å². The molecule has 128 valence electrons. The van der Waals surface area contributed by atoms with Gasteiger partial charge in [-0.1, -0.05) is 13.8 Å². The molecule has 6 heteroatoms. The smallest absolute Gasteiger partial charge is 0.239 e. The molecule has 6 nitrogen and oxygen atoms in total. The van der Waals surface area contributed by atoms with E-state index < -0.39 is 6.04 Å². The second-order valence-corrected chi connectivity index (χ2v) is 6.89. The molecule has 0 radical (unpaired) electrons. The van der Waals surface area contributed by atoms with Crippen molar-refractivity contribution >= 4 is 11.8 Å². The lowest BCUT2D eigenvalue weighted by Gasteiger charge is -2.35. The molecule has 0 aliphatic carbocycles. The Labute approximate surface area is 134 Å². The van der Waals surface area contributed by atoms with Crippen molar-refractivity contribution in [1.29, 1.82) is 0 Å². The number of nitrogens with one attached hydrogen (secondary N) is 2. The normalized spacial score (nSPS) is 21.0. The average molecular weight is 312 g/mol. The van der Waals surface area contributed by atoms with Crippen molar-refractivity contribution in [3.8, 4) is 0 Å². The van der Waals surface area contributed by atoms with E-state index in [-0.39, 0.29) is 24.3 Å². The summed E-state index contributed by atoms with van der Waals surface area (Å²) in [5.41, 5.74) is 5.73. The number of likely N-dealkylation sites (tertiary alicyclic amines) is 1. The van der Waals surface area contributed by atoms with Crippen LogP contribution >= 0.6 is 0 Å². The minimum absolute atomic E-state index is 0.000131. The van der Waals surface area contributed by atoms with E-state index in [9.17, 15) is 9.59 Å². The molecular formula is C16H32N4O2. The first-order chi connectivity index (χ1) is 10.3. The summed E-state index contributed by atoms with van der Waals surface area (Å²) < 4.78 is 0. The first-order valence-electron chi connectivity index (χ1n) is 8.35. The molecule has 0 aromatic heterocycles. The highest BCUT2D eigenvalue weighted by Gasteiger charge is 2.22. The molecule has 22 heavy (non-hydrogen) atoms. The molecule has 1 unspecified atom stereocenters. The van der Waals surface area contributed by atoms with E-state index in [1.807, 2.05) is 13.8 Å². The van der Waals surface area contributed by atoms with Gasteiger partial charge in [0, 0.05) is 19.1 Å². The Morgan fingerprint density at radius 3 is 2.50 bits per heavy atom. The van der Waals surface area contributed by atoms with Crippen molar-refractivity contribution in [3.05, 3.63) is 0 Å². The van der Waals surface area contributed by atoms with E-state index in [1.165, 1.54) is 6.42 Å². The quantitative estimate of drug-likeness (QED) is 0.632. The minimum atomic E-state index is -0.564. The third-order valence-electron chi connectivity index (χ3n) is 4.31. The predicted molar refractivity (Wildman–Crippen MR) is 88.3 cm³/mol. The van der Waals surface area contributed by atoms with Gasteiger partial charge in [-0.15, -0.1) is 0 Å². The Bertz CT molecular complexity index is 371. The molecule has 2 amide bonds. The molecular weight excluding hydrogens is 280 g/mol. The molecule has 2 atom stereocenters. The van der Waals surface area contributed by atoms with Gasteiger partial charge in [0.05, 0.1) is 12.6 Å². The van der Waals surface area contributed by atoms with Gasteiger partial charge in [0.25, 0.3) is 0 Å². The topological polar surface area (TPSA) is 87.5 Å². The molecule has 1 aliphatic heterocycles. The molecule has 1 saturated heterocycles. The van der Waals surface area contributed by atoms with Crippen LogP contribution in [-0.4, -0.2) is 55.0 Å². The first-order valence-corrected chi connectivity index (χ1v) is 8.35. The van der Waals surface area contributed by atoms with Gasteiger partial charge in [-0.25, -0.2) is 0 Å². The molecule has 4 N–H and O–H groups in total. The van der Waals surface area contributed by atoms with Crippen LogP contribution in [0.25, 0.3) is 0 Å². The Morgan fingerprint density at radius 2 is 1.91 bits per heavy atom. The van der Waals surface area contributed by atoms with E-state index >= 15 is 0 Å². The maximum absolute atomic E-state index is 11.8. The van der Waals surface area contributed by atoms with Crippen molar-refractivity contribution in [2.45, 2.75) is 52.6 Å². The van der Waals surface area contributed by atoms with Gasteiger partial charge in [0.2, 0.25) is 11.8 Å². The summed E-state index contributed by atoms with van der Waals surface area (Å²) in [7, 11) is 0. The lowest BCUT2D eigenvalue weighted by Crippen LogP contribution is -2.48. The van der Waals surface area contributed by atoms with Crippen LogP contribution in [0.1, 0.15) is 40.5 Å². The van der Waals surface area contributed by atoms with Crippen LogP contribution in [0.3, 0.4) is 0 Å². The average Bonchev–Trinajstić information content (AvgIpc) is 2.49. The summed E-state index contributed by atoms with van der Waals surface area (Å²) in [6, 6.07) is -0.0129. The molecule has 0 spiro atoms. The molecule has 0 aromatic rings. The second kappa shape index (κ2) is 9.10. The monoisotopic (exact) mass is 312 g/mol. The number of piperidine rings is 1. The summed E-state index contributed by atoms with van der Waals surface area (Å²) >= 11 is 0. The Morgan fingerprint density at radius 1 is 1.23 bits per heavy atom. The van der Waals surface area contributed by atoms with E-state index in [2.05, 4.69) is 29.4 Å². The van der Waals surface area contributed by atoms with Gasteiger partial charge in [0.1, 0.15) is 0 Å². The summed E-state index contributed by atoms with van der Waals surface area (Å²) in [6.45, 7) is 11.0. The summed E-state index contributed by atoms with van der Waals surface area (Å²) in [5, 5.41) is 5.51. The van der Waals surface area contributed by atoms with Crippen LogP contribution in [0, 0.1) is 11.8 Å². The minimum Gasteiger partial charge on any atom is -0.354 e. The Balaban J connectivity index is 2.24. The predicted octanol–water partition coefficient (Wildman–Crippen LogP) is 0.323. The van der Waals surface area contributed by atoms with Crippen molar-refractivity contribution < 1.29 is 9.59 Å². The highest BCUT2D eigenvalue weighted by atomic mass is 16.2. The van der Waals surface area contributed by atoms with Gasteiger partial charge in [-0.05, 0) is 45.1 Å². The maximum atomic E-state index is 11.8. The van der Waals surface area contributed by atoms with E-state index in [4.69, 9.17) is 5.73 Å². The fraction of sp³-hybridized carbons (Fsp3) is 0.875. The van der Waals surface area contributed by atoms with E-state index in [0.29, 0.717) is 18.5 Å². The van der Waals surface area contributed by atoms with Gasteiger partial charge in [-0.3, -0.25) is 9.59 Å². The number of hydrogen-bond donors (Lipinski definition) is 3. The van der Waals surface area contributed by atoms with Crippen LogP contribution in [0.5, 0.6) is 0 Å². The number of nitrogens with zero attached hydrogens (tertiary/aromatic N) is 1. The van der Waals surface area contributed by atoms with E-state index in [0.717, 1.165) is 19.5 Å². The second-order valence-electron chi connectivity index (χ2n) is 6.89. The maximum Gasteiger partial charge on any atom is 0.239 e. The Hall–Kier alpha value is -1.14. The lowest BCUT2D eigenvalue weighted by molar-refractivity contribution is -0.127. The number of carbonyl (C=O) groups excluding carboxylic acids is 2. The zero-order valence-corrected chi connectivity index (χ0v) is 14.4. The van der Waals surface area contributed by atoms with Crippen molar-refractivity contribution in [2.75, 3.05) is 26.2 Å². The number of carbonyl (C=O) groups is 2. The zero-order chi connectivity index (χ0) is 16.7. The van der Waals surface area contributed by atoms with Crippen LogP contribution in [-0.2, 0) is 9.59 Å². The highest BCUT2D eigenvalue weighted by molar-refractivity contribution is 5.87. The van der Waals surface area contributed by atoms with Crippen LogP contribution in [0.4, 0.5) is 0 Å². The number of nitrogens with two attached hydrogens (primary N) is 1. The molecule has 1 fully saturated rings. The van der Waals surface area contributed by atoms with Crippen LogP contribution in [0.15, 0.2) is 0 Å². The summed E-state index contributed by atoms with van der Waals surface area (Å²) in [5.74, 6) is 0.140. The fourth-order valence-electron chi connectivity index (χ4n) is 2.64. The van der Waals surface area contributed by atoms with Crippen molar-refractivity contribution in [2.24, 2.45) is 17.6 Å². The first kappa shape index (κ1) is 18.9. The third kappa shape index (κ3) is 6.32. The van der Waals surface area contributed by atoms with E-state index in [1.54, 1.807) is 0 Å².